The molecule has 0 unspecified atom stereocenters. The lowest BCUT2D eigenvalue weighted by Crippen LogP contribution is -2.41. The molecule has 0 N–H and O–H groups in total. The predicted molar refractivity (Wildman–Crippen MR) is 112 cm³/mol. The van der Waals surface area contributed by atoms with Crippen LogP contribution < -0.4 is 14.2 Å². The van der Waals surface area contributed by atoms with Crippen molar-refractivity contribution in [3.05, 3.63) is 29.3 Å². The summed E-state index contributed by atoms with van der Waals surface area (Å²) in [4.78, 5) is 13.1. The van der Waals surface area contributed by atoms with Gasteiger partial charge in [-0.1, -0.05) is 33.8 Å². The van der Waals surface area contributed by atoms with Crippen LogP contribution in [0.1, 0.15) is 69.3 Å². The maximum absolute atomic E-state index is 13.1. The van der Waals surface area contributed by atoms with Crippen molar-refractivity contribution in [3.8, 4) is 17.2 Å². The molecular formula is C24H34O4. The summed E-state index contributed by atoms with van der Waals surface area (Å²) in [5.41, 5.74) is 1.23. The summed E-state index contributed by atoms with van der Waals surface area (Å²) in [5, 5.41) is 0. The Bertz CT molecular complexity index is 762. The van der Waals surface area contributed by atoms with Gasteiger partial charge in [0.1, 0.15) is 28.4 Å². The molecule has 1 heterocycles. The molecular weight excluding hydrogens is 352 g/mol. The second-order valence-electron chi connectivity index (χ2n) is 8.96. The second-order valence-corrected chi connectivity index (χ2v) is 8.96. The summed E-state index contributed by atoms with van der Waals surface area (Å²) in [6.07, 6.45) is 8.85. The minimum absolute atomic E-state index is 0.0719. The van der Waals surface area contributed by atoms with E-state index in [1.807, 2.05) is 6.07 Å². The lowest BCUT2D eigenvalue weighted by molar-refractivity contribution is 0.0661. The van der Waals surface area contributed by atoms with Gasteiger partial charge >= 0.3 is 0 Å². The van der Waals surface area contributed by atoms with Crippen LogP contribution in [-0.4, -0.2) is 25.6 Å². The zero-order chi connectivity index (χ0) is 20.5. The summed E-state index contributed by atoms with van der Waals surface area (Å²) in [6.45, 7) is 8.64. The van der Waals surface area contributed by atoms with Crippen molar-refractivity contribution in [1.82, 2.24) is 0 Å². The molecule has 1 aromatic rings. The van der Waals surface area contributed by atoms with Gasteiger partial charge in [0.2, 0.25) is 0 Å². The van der Waals surface area contributed by atoms with Crippen LogP contribution in [-0.2, 0) is 6.42 Å². The van der Waals surface area contributed by atoms with Crippen molar-refractivity contribution >= 4 is 5.78 Å². The molecule has 0 amide bonds. The molecule has 0 saturated heterocycles. The number of fused-ring (bicyclic) bond motifs is 1. The Morgan fingerprint density at radius 2 is 1.89 bits per heavy atom. The van der Waals surface area contributed by atoms with Gasteiger partial charge in [0, 0.05) is 18.1 Å². The Labute approximate surface area is 169 Å². The van der Waals surface area contributed by atoms with Crippen molar-refractivity contribution in [3.63, 3.8) is 0 Å². The molecule has 1 spiro atoms. The molecule has 28 heavy (non-hydrogen) atoms. The number of allylic oxidation sites excluding steroid dienone is 1. The Kier molecular flexibility index (Phi) is 6.07. The van der Waals surface area contributed by atoms with Crippen molar-refractivity contribution in [1.29, 1.82) is 0 Å². The van der Waals surface area contributed by atoms with E-state index in [0.717, 1.165) is 37.0 Å². The average molecular weight is 387 g/mol. The first-order valence-electron chi connectivity index (χ1n) is 10.5. The van der Waals surface area contributed by atoms with Gasteiger partial charge in [-0.3, -0.25) is 4.79 Å². The minimum atomic E-state index is -0.331. The standard InChI is InChI=1S/C24H34O4/c1-15(2)13-19(25)22-21(27-6)14-20(26-5)18-9-12-24(28-23(18)22)10-7-17(8-11-24)16(3)4/h7,10,14-17H,8-9,11-13H2,1-6H3/t17-,24-/m1/s1. The highest BCUT2D eigenvalue weighted by Gasteiger charge is 2.40. The number of rotatable bonds is 6. The van der Waals surface area contributed by atoms with E-state index in [4.69, 9.17) is 14.2 Å². The molecule has 4 heteroatoms. The number of benzene rings is 1. The summed E-state index contributed by atoms with van der Waals surface area (Å²) in [7, 11) is 3.25. The Morgan fingerprint density at radius 1 is 1.18 bits per heavy atom. The number of ketones is 1. The maximum atomic E-state index is 13.1. The number of ether oxygens (including phenoxy) is 3. The van der Waals surface area contributed by atoms with Gasteiger partial charge in [0.15, 0.2) is 5.78 Å². The van der Waals surface area contributed by atoms with Crippen molar-refractivity contribution < 1.29 is 19.0 Å². The zero-order valence-corrected chi connectivity index (χ0v) is 18.1. The molecule has 2 aliphatic rings. The number of carbonyl (C=O) groups is 1. The number of Topliss-reactive ketones (excluding diaryl/α,β-unsaturated/α-hetero) is 1. The molecule has 1 aliphatic heterocycles. The molecule has 3 rings (SSSR count). The van der Waals surface area contributed by atoms with E-state index in [-0.39, 0.29) is 17.3 Å². The highest BCUT2D eigenvalue weighted by molar-refractivity contribution is 6.02. The molecule has 1 aromatic carbocycles. The van der Waals surface area contributed by atoms with E-state index in [1.54, 1.807) is 14.2 Å². The van der Waals surface area contributed by atoms with Crippen LogP contribution in [0.15, 0.2) is 18.2 Å². The summed E-state index contributed by atoms with van der Waals surface area (Å²) < 4.78 is 17.8. The fourth-order valence-electron chi connectivity index (χ4n) is 4.41. The van der Waals surface area contributed by atoms with Gasteiger partial charge in [-0.05, 0) is 49.5 Å². The van der Waals surface area contributed by atoms with Crippen molar-refractivity contribution in [2.75, 3.05) is 14.2 Å². The third-order valence-corrected chi connectivity index (χ3v) is 6.13. The fourth-order valence-corrected chi connectivity index (χ4v) is 4.41. The van der Waals surface area contributed by atoms with E-state index < -0.39 is 0 Å². The quantitative estimate of drug-likeness (QED) is 0.470. The van der Waals surface area contributed by atoms with Crippen molar-refractivity contribution in [2.24, 2.45) is 17.8 Å². The van der Waals surface area contributed by atoms with Crippen LogP contribution in [0.4, 0.5) is 0 Å². The highest BCUT2D eigenvalue weighted by Crippen LogP contribution is 2.48. The summed E-state index contributed by atoms with van der Waals surface area (Å²) in [5.74, 6) is 3.52. The Balaban J connectivity index is 2.06. The number of methoxy groups -OCH3 is 2. The third kappa shape index (κ3) is 3.92. The van der Waals surface area contributed by atoms with Crippen molar-refractivity contribution in [2.45, 2.75) is 65.4 Å². The number of hydrogen-bond acceptors (Lipinski definition) is 4. The first-order valence-corrected chi connectivity index (χ1v) is 10.5. The SMILES string of the molecule is COc1cc(OC)c(C(=O)CC(C)C)c2c1CC[C@]1(C=C[C@@H](C(C)C)CC1)O2. The Hall–Kier alpha value is -1.97. The molecule has 0 aromatic heterocycles. The van der Waals surface area contributed by atoms with Gasteiger partial charge in [-0.25, -0.2) is 0 Å². The molecule has 4 nitrogen and oxygen atoms in total. The highest BCUT2D eigenvalue weighted by atomic mass is 16.5. The fraction of sp³-hybridized carbons (Fsp3) is 0.625. The third-order valence-electron chi connectivity index (χ3n) is 6.13. The summed E-state index contributed by atoms with van der Waals surface area (Å²) in [6, 6.07) is 1.83. The first-order chi connectivity index (χ1) is 13.3. The van der Waals surface area contributed by atoms with E-state index in [2.05, 4.69) is 39.8 Å². The monoisotopic (exact) mass is 386 g/mol. The van der Waals surface area contributed by atoms with E-state index in [1.165, 1.54) is 0 Å². The minimum Gasteiger partial charge on any atom is -0.496 e. The molecule has 2 atom stereocenters. The van der Waals surface area contributed by atoms with Crippen LogP contribution in [0, 0.1) is 17.8 Å². The molecule has 0 saturated carbocycles. The van der Waals surface area contributed by atoms with Gasteiger partial charge < -0.3 is 14.2 Å². The lowest BCUT2D eigenvalue weighted by Gasteiger charge is -2.41. The van der Waals surface area contributed by atoms with Crippen LogP contribution in [0.5, 0.6) is 17.2 Å². The van der Waals surface area contributed by atoms with Gasteiger partial charge in [-0.15, -0.1) is 0 Å². The largest absolute Gasteiger partial charge is 0.496 e. The topological polar surface area (TPSA) is 44.8 Å². The molecule has 154 valence electrons. The normalized spacial score (nSPS) is 23.6. The lowest BCUT2D eigenvalue weighted by atomic mass is 9.76. The van der Waals surface area contributed by atoms with Crippen LogP contribution >= 0.6 is 0 Å². The molecule has 0 bridgehead atoms. The molecule has 1 aliphatic carbocycles. The van der Waals surface area contributed by atoms with Gasteiger partial charge in [0.05, 0.1) is 14.2 Å². The zero-order valence-electron chi connectivity index (χ0n) is 18.1. The van der Waals surface area contributed by atoms with Crippen LogP contribution in [0.25, 0.3) is 0 Å². The molecule has 0 fully saturated rings. The second kappa shape index (κ2) is 8.18. The van der Waals surface area contributed by atoms with Crippen LogP contribution in [0.3, 0.4) is 0 Å². The van der Waals surface area contributed by atoms with E-state index in [9.17, 15) is 4.79 Å². The predicted octanol–water partition coefficient (Wildman–Crippen LogP) is 5.62. The molecule has 0 radical (unpaired) electrons. The van der Waals surface area contributed by atoms with Crippen LogP contribution in [0.2, 0.25) is 0 Å². The van der Waals surface area contributed by atoms with Gasteiger partial charge in [0.25, 0.3) is 0 Å². The average Bonchev–Trinajstić information content (AvgIpc) is 2.66. The van der Waals surface area contributed by atoms with Gasteiger partial charge in [-0.2, -0.15) is 0 Å². The van der Waals surface area contributed by atoms with E-state index >= 15 is 0 Å². The first kappa shape index (κ1) is 20.8. The smallest absolute Gasteiger partial charge is 0.170 e. The maximum Gasteiger partial charge on any atom is 0.170 e. The number of carbonyl (C=O) groups excluding carboxylic acids is 1. The summed E-state index contributed by atoms with van der Waals surface area (Å²) >= 11 is 0. The Morgan fingerprint density at radius 3 is 2.43 bits per heavy atom. The van der Waals surface area contributed by atoms with E-state index in [0.29, 0.717) is 35.3 Å². The number of hydrogen-bond donors (Lipinski definition) is 0.